The number of unbranched alkanes of at least 4 members (excludes halogenated alkanes) is 20. The third-order valence-electron chi connectivity index (χ3n) is 10.1. The number of carboxylic acid groups (broad SMARTS) is 1. The van der Waals surface area contributed by atoms with E-state index in [-0.39, 0.29) is 36.2 Å². The molecular formula is C47H86NO7+. The van der Waals surface area contributed by atoms with E-state index < -0.39 is 18.1 Å². The number of carboxylic acids is 1. The second kappa shape index (κ2) is 38.4. The summed E-state index contributed by atoms with van der Waals surface area (Å²) in [4.78, 5) is 36.9. The van der Waals surface area contributed by atoms with Gasteiger partial charge in [0.2, 0.25) is 0 Å². The lowest BCUT2D eigenvalue weighted by Gasteiger charge is -2.31. The minimum Gasteiger partial charge on any atom is -0.477 e. The summed E-state index contributed by atoms with van der Waals surface area (Å²) in [6.45, 7) is 4.62. The van der Waals surface area contributed by atoms with Crippen molar-refractivity contribution in [2.24, 2.45) is 0 Å². The summed E-state index contributed by atoms with van der Waals surface area (Å²) in [6.07, 6.45) is 43.3. The summed E-state index contributed by atoms with van der Waals surface area (Å²) in [5.41, 5.74) is 0. The maximum atomic E-state index is 12.7. The number of allylic oxidation sites excluding steroid dienone is 6. The number of ether oxygens (including phenoxy) is 3. The third kappa shape index (κ3) is 36.9. The Morgan fingerprint density at radius 2 is 1.02 bits per heavy atom. The molecule has 0 aliphatic carbocycles. The van der Waals surface area contributed by atoms with E-state index in [1.165, 1.54) is 103 Å². The first-order valence-corrected chi connectivity index (χ1v) is 22.5. The van der Waals surface area contributed by atoms with Crippen LogP contribution in [0.3, 0.4) is 0 Å². The summed E-state index contributed by atoms with van der Waals surface area (Å²) in [5.74, 6) is -1.47. The fourth-order valence-corrected chi connectivity index (χ4v) is 6.58. The zero-order chi connectivity index (χ0) is 40.7. The van der Waals surface area contributed by atoms with E-state index >= 15 is 0 Å². The molecule has 8 nitrogen and oxygen atoms in total. The lowest BCUT2D eigenvalue weighted by Crippen LogP contribution is -2.50. The Labute approximate surface area is 338 Å². The molecule has 0 aromatic rings. The number of esters is 2. The zero-order valence-electron chi connectivity index (χ0n) is 36.4. The van der Waals surface area contributed by atoms with Crippen molar-refractivity contribution in [1.82, 2.24) is 0 Å². The van der Waals surface area contributed by atoms with Crippen LogP contribution in [0, 0.1) is 0 Å². The van der Waals surface area contributed by atoms with Crippen molar-refractivity contribution in [1.29, 1.82) is 0 Å². The van der Waals surface area contributed by atoms with Crippen LogP contribution < -0.4 is 0 Å². The Morgan fingerprint density at radius 1 is 0.564 bits per heavy atom. The van der Waals surface area contributed by atoms with Crippen LogP contribution in [0.1, 0.15) is 194 Å². The molecule has 0 spiro atoms. The standard InChI is InChI=1S/C47H85NO7/c1-6-8-10-12-14-16-18-19-20-21-22-23-24-25-26-27-28-30-31-33-35-37-45(49)54-42-43(41-53-40-39-44(47(51)52)48(3,4)5)55-46(50)38-36-34-32-29-17-15-13-11-9-7-2/h8,10,14,16,19-20,43-44H,6-7,9,11-13,15,17-18,21-42H2,1-5H3/p+1/b10-8+,16-14+,20-19+. The molecule has 0 bridgehead atoms. The molecule has 0 amide bonds. The number of carbonyl (C=O) groups is 3. The van der Waals surface area contributed by atoms with Crippen molar-refractivity contribution < 1.29 is 38.2 Å². The molecule has 0 heterocycles. The third-order valence-corrected chi connectivity index (χ3v) is 10.1. The summed E-state index contributed by atoms with van der Waals surface area (Å²) in [5, 5.41) is 9.61. The monoisotopic (exact) mass is 777 g/mol. The highest BCUT2D eigenvalue weighted by atomic mass is 16.6. The first-order valence-electron chi connectivity index (χ1n) is 22.5. The van der Waals surface area contributed by atoms with Crippen LogP contribution in [0.5, 0.6) is 0 Å². The Hall–Kier alpha value is -2.45. The second-order valence-electron chi connectivity index (χ2n) is 16.3. The lowest BCUT2D eigenvalue weighted by molar-refractivity contribution is -0.887. The summed E-state index contributed by atoms with van der Waals surface area (Å²) >= 11 is 0. The van der Waals surface area contributed by atoms with Gasteiger partial charge in [-0.3, -0.25) is 9.59 Å². The van der Waals surface area contributed by atoms with Gasteiger partial charge in [0.1, 0.15) is 6.61 Å². The number of hydrogen-bond acceptors (Lipinski definition) is 6. The van der Waals surface area contributed by atoms with Gasteiger partial charge in [-0.2, -0.15) is 0 Å². The van der Waals surface area contributed by atoms with Crippen LogP contribution in [0.25, 0.3) is 0 Å². The molecule has 0 saturated carbocycles. The molecule has 2 atom stereocenters. The molecule has 0 aromatic carbocycles. The summed E-state index contributed by atoms with van der Waals surface area (Å²) < 4.78 is 17.3. The van der Waals surface area contributed by atoms with Crippen LogP contribution in [0.2, 0.25) is 0 Å². The average molecular weight is 777 g/mol. The molecule has 55 heavy (non-hydrogen) atoms. The van der Waals surface area contributed by atoms with Crippen LogP contribution in [-0.2, 0) is 28.6 Å². The first-order chi connectivity index (χ1) is 26.6. The highest BCUT2D eigenvalue weighted by Crippen LogP contribution is 2.15. The number of quaternary nitrogens is 1. The molecular weight excluding hydrogens is 691 g/mol. The molecule has 0 aromatic heterocycles. The predicted octanol–water partition coefficient (Wildman–Crippen LogP) is 12.2. The van der Waals surface area contributed by atoms with Gasteiger partial charge >= 0.3 is 17.9 Å². The highest BCUT2D eigenvalue weighted by Gasteiger charge is 2.31. The second-order valence-corrected chi connectivity index (χ2v) is 16.3. The van der Waals surface area contributed by atoms with Crippen molar-refractivity contribution in [3.63, 3.8) is 0 Å². The van der Waals surface area contributed by atoms with Gasteiger partial charge in [0.15, 0.2) is 12.1 Å². The molecule has 0 aliphatic heterocycles. The summed E-state index contributed by atoms with van der Waals surface area (Å²) in [6, 6.07) is -0.612. The van der Waals surface area contributed by atoms with Crippen LogP contribution >= 0.6 is 0 Å². The normalized spacial score (nSPS) is 13.3. The van der Waals surface area contributed by atoms with E-state index in [0.29, 0.717) is 19.3 Å². The van der Waals surface area contributed by atoms with Crippen LogP contribution in [-0.4, -0.2) is 80.6 Å². The molecule has 0 radical (unpaired) electrons. The number of nitrogens with zero attached hydrogens (tertiary/aromatic N) is 1. The van der Waals surface area contributed by atoms with Crippen molar-refractivity contribution in [2.45, 2.75) is 206 Å². The molecule has 0 aliphatic rings. The van der Waals surface area contributed by atoms with Gasteiger partial charge in [-0.05, 0) is 44.9 Å². The number of carbonyl (C=O) groups excluding carboxylic acids is 2. The largest absolute Gasteiger partial charge is 0.477 e. The van der Waals surface area contributed by atoms with Gasteiger partial charge in [-0.1, -0.05) is 166 Å². The first kappa shape index (κ1) is 52.6. The molecule has 0 rings (SSSR count). The number of aliphatic carboxylic acids is 1. The lowest BCUT2D eigenvalue weighted by atomic mass is 10.0. The van der Waals surface area contributed by atoms with E-state index in [2.05, 4.69) is 50.3 Å². The Kier molecular flexibility index (Phi) is 36.7. The van der Waals surface area contributed by atoms with Gasteiger partial charge < -0.3 is 23.8 Å². The van der Waals surface area contributed by atoms with Crippen molar-refractivity contribution in [3.05, 3.63) is 36.5 Å². The van der Waals surface area contributed by atoms with Crippen molar-refractivity contribution in [3.8, 4) is 0 Å². The van der Waals surface area contributed by atoms with Gasteiger partial charge in [0.05, 0.1) is 34.4 Å². The molecule has 8 heteroatoms. The van der Waals surface area contributed by atoms with Gasteiger partial charge in [-0.15, -0.1) is 0 Å². The Balaban J connectivity index is 4.21. The molecule has 0 saturated heterocycles. The average Bonchev–Trinajstić information content (AvgIpc) is 3.14. The highest BCUT2D eigenvalue weighted by molar-refractivity contribution is 5.72. The minimum absolute atomic E-state index is 0.0496. The number of rotatable bonds is 40. The van der Waals surface area contributed by atoms with Gasteiger partial charge in [0.25, 0.3) is 0 Å². The maximum Gasteiger partial charge on any atom is 0.362 e. The Bertz CT molecular complexity index is 1000. The molecule has 0 fully saturated rings. The minimum atomic E-state index is -0.875. The van der Waals surface area contributed by atoms with E-state index in [1.54, 1.807) is 0 Å². The Morgan fingerprint density at radius 3 is 1.51 bits per heavy atom. The van der Waals surface area contributed by atoms with E-state index in [4.69, 9.17) is 14.2 Å². The van der Waals surface area contributed by atoms with Crippen molar-refractivity contribution in [2.75, 3.05) is 41.0 Å². The smallest absolute Gasteiger partial charge is 0.362 e. The number of likely N-dealkylation sites (N-methyl/N-ethyl adjacent to an activating group) is 1. The van der Waals surface area contributed by atoms with Gasteiger partial charge in [-0.25, -0.2) is 4.79 Å². The molecule has 320 valence electrons. The van der Waals surface area contributed by atoms with E-state index in [1.807, 2.05) is 21.1 Å². The summed E-state index contributed by atoms with van der Waals surface area (Å²) in [7, 11) is 5.53. The molecule has 1 N–H and O–H groups in total. The topological polar surface area (TPSA) is 99.1 Å². The van der Waals surface area contributed by atoms with Crippen molar-refractivity contribution >= 4 is 17.9 Å². The van der Waals surface area contributed by atoms with E-state index in [0.717, 1.165) is 57.8 Å². The van der Waals surface area contributed by atoms with E-state index in [9.17, 15) is 19.5 Å². The van der Waals surface area contributed by atoms with Crippen LogP contribution in [0.4, 0.5) is 0 Å². The van der Waals surface area contributed by atoms with Crippen LogP contribution in [0.15, 0.2) is 36.5 Å². The fourth-order valence-electron chi connectivity index (χ4n) is 6.58. The SMILES string of the molecule is CC/C=C/C/C=C/C/C=C/CCCCCCCCCCCCCC(=O)OCC(COCCC(C(=O)O)[N+](C)(C)C)OC(=O)CCCCCCCCCCCC. The quantitative estimate of drug-likeness (QED) is 0.0286. The maximum absolute atomic E-state index is 12.7. The number of hydrogen-bond donors (Lipinski definition) is 1. The zero-order valence-corrected chi connectivity index (χ0v) is 36.4. The predicted molar refractivity (Wildman–Crippen MR) is 229 cm³/mol. The van der Waals surface area contributed by atoms with Gasteiger partial charge in [0, 0.05) is 19.3 Å². The fraction of sp³-hybridized carbons (Fsp3) is 0.809. The molecule has 2 unspecified atom stereocenters.